The van der Waals surface area contributed by atoms with E-state index in [1.807, 2.05) is 4.57 Å². The van der Waals surface area contributed by atoms with Crippen molar-refractivity contribution in [1.82, 2.24) is 19.1 Å². The van der Waals surface area contributed by atoms with E-state index in [4.69, 9.17) is 10.5 Å². The van der Waals surface area contributed by atoms with E-state index >= 15 is 0 Å². The standard InChI is InChI=1S/C21H30N6O5S/c1-33(30,31)26-6-2-14(3-7-26)19-16(12-22)18(20(23)28)17-13-25(8-9-27(17)19)21(29)24-15-4-10-32-11-5-15/h14-15H,2-11,13H2,1H3,(H2,23,28)(H,24,29). The van der Waals surface area contributed by atoms with Crippen LogP contribution in [0.2, 0.25) is 0 Å². The van der Waals surface area contributed by atoms with Crippen LogP contribution in [-0.4, -0.2) is 79.3 Å². The fourth-order valence-electron chi connectivity index (χ4n) is 5.13. The summed E-state index contributed by atoms with van der Waals surface area (Å²) in [6, 6.07) is 2.02. The Hall–Kier alpha value is -2.62. The molecule has 2 saturated heterocycles. The zero-order valence-corrected chi connectivity index (χ0v) is 19.6. The Labute approximate surface area is 193 Å². The van der Waals surface area contributed by atoms with Crippen LogP contribution in [0.25, 0.3) is 0 Å². The molecule has 1 aromatic rings. The molecule has 0 aromatic carbocycles. The van der Waals surface area contributed by atoms with Crippen molar-refractivity contribution in [3.05, 3.63) is 22.5 Å². The molecule has 0 bridgehead atoms. The lowest BCUT2D eigenvalue weighted by molar-refractivity contribution is 0.0773. The molecule has 12 heteroatoms. The molecule has 0 saturated carbocycles. The highest BCUT2D eigenvalue weighted by Gasteiger charge is 2.36. The maximum absolute atomic E-state index is 12.9. The van der Waals surface area contributed by atoms with Gasteiger partial charge < -0.3 is 25.3 Å². The van der Waals surface area contributed by atoms with E-state index < -0.39 is 15.9 Å². The number of rotatable bonds is 4. The Bertz CT molecular complexity index is 1080. The molecule has 1 aromatic heterocycles. The maximum atomic E-state index is 12.9. The Balaban J connectivity index is 1.59. The summed E-state index contributed by atoms with van der Waals surface area (Å²) >= 11 is 0. The molecule has 0 radical (unpaired) electrons. The predicted octanol–water partition coefficient (Wildman–Crippen LogP) is 0.302. The number of piperidine rings is 1. The number of ether oxygens (including phenoxy) is 1. The smallest absolute Gasteiger partial charge is 0.318 e. The van der Waals surface area contributed by atoms with E-state index in [-0.39, 0.29) is 35.7 Å². The minimum atomic E-state index is -3.27. The molecule has 2 fully saturated rings. The van der Waals surface area contributed by atoms with Crippen LogP contribution >= 0.6 is 0 Å². The van der Waals surface area contributed by atoms with Gasteiger partial charge in [-0.25, -0.2) is 17.5 Å². The van der Waals surface area contributed by atoms with Crippen LogP contribution in [-0.2, 0) is 27.8 Å². The van der Waals surface area contributed by atoms with Crippen LogP contribution < -0.4 is 11.1 Å². The third kappa shape index (κ3) is 4.71. The second-order valence-electron chi connectivity index (χ2n) is 8.90. The molecule has 3 aliphatic rings. The lowest BCUT2D eigenvalue weighted by atomic mass is 9.91. The van der Waals surface area contributed by atoms with Crippen molar-refractivity contribution < 1.29 is 22.7 Å². The van der Waals surface area contributed by atoms with E-state index in [9.17, 15) is 23.3 Å². The largest absolute Gasteiger partial charge is 0.381 e. The fraction of sp³-hybridized carbons (Fsp3) is 0.667. The van der Waals surface area contributed by atoms with Crippen molar-refractivity contribution in [1.29, 1.82) is 5.26 Å². The number of primary amides is 1. The van der Waals surface area contributed by atoms with Gasteiger partial charge in [0.25, 0.3) is 5.91 Å². The van der Waals surface area contributed by atoms with Crippen molar-refractivity contribution in [2.24, 2.45) is 5.73 Å². The van der Waals surface area contributed by atoms with E-state index in [0.29, 0.717) is 57.9 Å². The molecule has 4 heterocycles. The Kier molecular flexibility index (Phi) is 6.65. The van der Waals surface area contributed by atoms with Gasteiger partial charge in [0.05, 0.1) is 29.6 Å². The molecule has 11 nitrogen and oxygen atoms in total. The quantitative estimate of drug-likeness (QED) is 0.635. The zero-order chi connectivity index (χ0) is 23.8. The monoisotopic (exact) mass is 478 g/mol. The van der Waals surface area contributed by atoms with Gasteiger partial charge in [-0.2, -0.15) is 5.26 Å². The van der Waals surface area contributed by atoms with Crippen LogP contribution in [0, 0.1) is 11.3 Å². The normalized spacial score (nSPS) is 20.8. The molecule has 33 heavy (non-hydrogen) atoms. The first kappa shape index (κ1) is 23.5. The average molecular weight is 479 g/mol. The Morgan fingerprint density at radius 1 is 1.12 bits per heavy atom. The molecular weight excluding hydrogens is 448 g/mol. The number of sulfonamides is 1. The van der Waals surface area contributed by atoms with Crippen molar-refractivity contribution in [2.75, 3.05) is 39.1 Å². The van der Waals surface area contributed by atoms with Gasteiger partial charge in [0.2, 0.25) is 10.0 Å². The number of urea groups is 1. The average Bonchev–Trinajstić information content (AvgIpc) is 3.13. The van der Waals surface area contributed by atoms with Crippen LogP contribution in [0.15, 0.2) is 0 Å². The molecule has 3 N–H and O–H groups in total. The number of fused-ring (bicyclic) bond motifs is 1. The molecule has 0 aliphatic carbocycles. The van der Waals surface area contributed by atoms with Crippen LogP contribution in [0.1, 0.15) is 58.9 Å². The second kappa shape index (κ2) is 9.32. The number of nitriles is 1. The summed E-state index contributed by atoms with van der Waals surface area (Å²) in [4.78, 5) is 26.9. The summed E-state index contributed by atoms with van der Waals surface area (Å²) in [7, 11) is -3.27. The third-order valence-electron chi connectivity index (χ3n) is 6.85. The van der Waals surface area contributed by atoms with Crippen LogP contribution in [0.4, 0.5) is 4.79 Å². The third-order valence-corrected chi connectivity index (χ3v) is 8.15. The number of carbonyl (C=O) groups excluding carboxylic acids is 2. The highest BCUT2D eigenvalue weighted by atomic mass is 32.2. The Morgan fingerprint density at radius 3 is 2.36 bits per heavy atom. The minimum absolute atomic E-state index is 0.0563. The topological polar surface area (TPSA) is 151 Å². The van der Waals surface area contributed by atoms with E-state index in [1.165, 1.54) is 10.6 Å². The lowest BCUT2D eigenvalue weighted by Gasteiger charge is -2.34. The number of nitrogens with one attached hydrogen (secondary N) is 1. The summed E-state index contributed by atoms with van der Waals surface area (Å²) < 4.78 is 32.5. The lowest BCUT2D eigenvalue weighted by Crippen LogP contribution is -2.49. The van der Waals surface area contributed by atoms with Crippen molar-refractivity contribution in [2.45, 2.75) is 50.7 Å². The number of amides is 3. The van der Waals surface area contributed by atoms with Gasteiger partial charge in [-0.15, -0.1) is 0 Å². The zero-order valence-electron chi connectivity index (χ0n) is 18.7. The summed E-state index contributed by atoms with van der Waals surface area (Å²) in [5.74, 6) is -0.756. The number of aromatic nitrogens is 1. The number of hydrogen-bond donors (Lipinski definition) is 2. The van der Waals surface area contributed by atoms with Gasteiger partial charge >= 0.3 is 6.03 Å². The molecule has 0 unspecified atom stereocenters. The number of carbonyl (C=O) groups is 2. The number of nitrogens with zero attached hydrogens (tertiary/aromatic N) is 4. The minimum Gasteiger partial charge on any atom is -0.381 e. The van der Waals surface area contributed by atoms with Crippen molar-refractivity contribution in [3.63, 3.8) is 0 Å². The summed E-state index contributed by atoms with van der Waals surface area (Å²) in [5.41, 5.74) is 7.42. The van der Waals surface area contributed by atoms with Gasteiger partial charge in [-0.05, 0) is 25.7 Å². The van der Waals surface area contributed by atoms with Crippen molar-refractivity contribution >= 4 is 22.0 Å². The molecular formula is C21H30N6O5S. The molecule has 180 valence electrons. The first-order valence-electron chi connectivity index (χ1n) is 11.2. The second-order valence-corrected chi connectivity index (χ2v) is 10.9. The maximum Gasteiger partial charge on any atom is 0.318 e. The molecule has 4 rings (SSSR count). The summed E-state index contributed by atoms with van der Waals surface area (Å²) in [5, 5.41) is 13.0. The highest BCUT2D eigenvalue weighted by Crippen LogP contribution is 2.37. The van der Waals surface area contributed by atoms with Gasteiger partial charge in [-0.1, -0.05) is 0 Å². The van der Waals surface area contributed by atoms with Crippen LogP contribution in [0.3, 0.4) is 0 Å². The molecule has 3 aliphatic heterocycles. The highest BCUT2D eigenvalue weighted by molar-refractivity contribution is 7.88. The van der Waals surface area contributed by atoms with E-state index in [0.717, 1.165) is 18.5 Å². The van der Waals surface area contributed by atoms with Crippen molar-refractivity contribution in [3.8, 4) is 6.07 Å². The van der Waals surface area contributed by atoms with E-state index in [2.05, 4.69) is 11.4 Å². The van der Waals surface area contributed by atoms with E-state index in [1.54, 1.807) is 4.90 Å². The fourth-order valence-corrected chi connectivity index (χ4v) is 6.01. The summed E-state index contributed by atoms with van der Waals surface area (Å²) in [6.45, 7) is 3.03. The molecule has 3 amide bonds. The van der Waals surface area contributed by atoms with Gasteiger partial charge in [0.15, 0.2) is 0 Å². The first-order chi connectivity index (χ1) is 15.7. The predicted molar refractivity (Wildman–Crippen MR) is 119 cm³/mol. The Morgan fingerprint density at radius 2 is 1.79 bits per heavy atom. The van der Waals surface area contributed by atoms with Gasteiger partial charge in [0, 0.05) is 57.0 Å². The molecule has 0 spiro atoms. The SMILES string of the molecule is CS(=O)(=O)N1CCC(c2c(C#N)c(C(N)=O)c3n2CCN(C(=O)NC2CCOCC2)C3)CC1. The van der Waals surface area contributed by atoms with Gasteiger partial charge in [0.1, 0.15) is 6.07 Å². The molecule has 0 atom stereocenters. The number of nitrogens with two attached hydrogens (primary N) is 1. The van der Waals surface area contributed by atoms with Gasteiger partial charge in [-0.3, -0.25) is 4.79 Å². The number of hydrogen-bond acceptors (Lipinski definition) is 6. The summed E-state index contributed by atoms with van der Waals surface area (Å²) in [6.07, 6.45) is 3.82. The van der Waals surface area contributed by atoms with Crippen LogP contribution in [0.5, 0.6) is 0 Å². The first-order valence-corrected chi connectivity index (χ1v) is 13.1.